The predicted octanol–water partition coefficient (Wildman–Crippen LogP) is 1.52. The number of carbonyl (C=O) groups excluding carboxylic acids is 2. The van der Waals surface area contributed by atoms with E-state index in [1.54, 1.807) is 17.3 Å². The lowest BCUT2D eigenvalue weighted by atomic mass is 9.94. The van der Waals surface area contributed by atoms with E-state index in [0.29, 0.717) is 24.1 Å². The topological polar surface area (TPSA) is 133 Å². The molecular weight excluding hydrogens is 446 g/mol. The summed E-state index contributed by atoms with van der Waals surface area (Å²) in [5, 5.41) is 6.57. The van der Waals surface area contributed by atoms with Crippen molar-refractivity contribution >= 4 is 29.3 Å². The summed E-state index contributed by atoms with van der Waals surface area (Å²) < 4.78 is 0. The van der Waals surface area contributed by atoms with Crippen molar-refractivity contribution in [3.8, 4) is 0 Å². The van der Waals surface area contributed by atoms with Crippen LogP contribution in [0, 0.1) is 0 Å². The van der Waals surface area contributed by atoms with Crippen LogP contribution in [0.4, 0.5) is 22.1 Å². The molecular formula is C24H33N9O2. The maximum absolute atomic E-state index is 12.5. The number of pyridine rings is 1. The lowest BCUT2D eigenvalue weighted by Crippen LogP contribution is -2.49. The van der Waals surface area contributed by atoms with Gasteiger partial charge in [0, 0.05) is 44.8 Å². The number of carbonyl (C=O) groups is 2. The third kappa shape index (κ3) is 5.00. The van der Waals surface area contributed by atoms with Crippen LogP contribution in [-0.4, -0.2) is 89.0 Å². The number of urea groups is 1. The molecule has 0 spiro atoms. The number of anilines is 3. The lowest BCUT2D eigenvalue weighted by Gasteiger charge is -2.37. The van der Waals surface area contributed by atoms with Crippen molar-refractivity contribution in [3.63, 3.8) is 0 Å². The van der Waals surface area contributed by atoms with E-state index in [-0.39, 0.29) is 17.8 Å². The van der Waals surface area contributed by atoms with Gasteiger partial charge >= 0.3 is 6.03 Å². The van der Waals surface area contributed by atoms with Crippen molar-refractivity contribution in [2.24, 2.45) is 5.73 Å². The number of piperidine rings is 2. The molecule has 1 atom stereocenters. The Labute approximate surface area is 205 Å². The first-order chi connectivity index (χ1) is 17.0. The fourth-order valence-corrected chi connectivity index (χ4v) is 5.20. The highest BCUT2D eigenvalue weighted by atomic mass is 16.2. The van der Waals surface area contributed by atoms with Gasteiger partial charge in [0.15, 0.2) is 11.5 Å². The summed E-state index contributed by atoms with van der Waals surface area (Å²) in [4.78, 5) is 44.1. The van der Waals surface area contributed by atoms with Gasteiger partial charge in [0.2, 0.25) is 0 Å². The standard InChI is InChI=1S/C24H33N9O2/c1-31-11-12-33(24(31)35)18-3-2-10-32(15-18)20-14-28-21(22(25)34)23(30-20)29-17-4-5-19(27-13-17)16-6-8-26-9-7-16/h4-5,13-14,16,18,26H,2-3,6-12,15H2,1H3,(H2,25,34)(H,29,30). The Bertz CT molecular complexity index is 1070. The molecule has 3 aliphatic heterocycles. The highest BCUT2D eigenvalue weighted by Gasteiger charge is 2.34. The predicted molar refractivity (Wildman–Crippen MR) is 133 cm³/mol. The van der Waals surface area contributed by atoms with Crippen molar-refractivity contribution in [2.45, 2.75) is 37.6 Å². The maximum Gasteiger partial charge on any atom is 0.320 e. The van der Waals surface area contributed by atoms with E-state index in [4.69, 9.17) is 10.7 Å². The molecule has 0 radical (unpaired) electrons. The first kappa shape index (κ1) is 23.3. The van der Waals surface area contributed by atoms with Crippen LogP contribution in [-0.2, 0) is 0 Å². The number of amides is 3. The molecule has 11 heteroatoms. The zero-order chi connectivity index (χ0) is 24.4. The third-order valence-electron chi connectivity index (χ3n) is 7.21. The van der Waals surface area contributed by atoms with Gasteiger partial charge in [0.1, 0.15) is 5.82 Å². The number of likely N-dealkylation sites (N-methyl/N-ethyl adjacent to an activating group) is 1. The van der Waals surface area contributed by atoms with Crippen molar-refractivity contribution in [3.05, 3.63) is 35.9 Å². The highest BCUT2D eigenvalue weighted by molar-refractivity contribution is 5.96. The number of aromatic nitrogens is 3. The van der Waals surface area contributed by atoms with E-state index in [9.17, 15) is 9.59 Å². The largest absolute Gasteiger partial charge is 0.364 e. The normalized spacial score (nSPS) is 21.5. The molecule has 11 nitrogen and oxygen atoms in total. The number of hydrogen-bond donors (Lipinski definition) is 3. The van der Waals surface area contributed by atoms with E-state index in [2.05, 4.69) is 25.5 Å². The van der Waals surface area contributed by atoms with E-state index < -0.39 is 5.91 Å². The van der Waals surface area contributed by atoms with Crippen LogP contribution in [0.15, 0.2) is 24.5 Å². The van der Waals surface area contributed by atoms with Crippen LogP contribution in [0.1, 0.15) is 47.8 Å². The molecule has 4 N–H and O–H groups in total. The Balaban J connectivity index is 1.33. The molecule has 3 aliphatic rings. The van der Waals surface area contributed by atoms with E-state index in [1.807, 2.05) is 24.1 Å². The molecule has 3 saturated heterocycles. The van der Waals surface area contributed by atoms with Crippen LogP contribution in [0.3, 0.4) is 0 Å². The number of rotatable bonds is 6. The van der Waals surface area contributed by atoms with Gasteiger partial charge in [-0.2, -0.15) is 0 Å². The van der Waals surface area contributed by atoms with Gasteiger partial charge in [-0.25, -0.2) is 14.8 Å². The van der Waals surface area contributed by atoms with Gasteiger partial charge < -0.3 is 31.1 Å². The second-order valence-corrected chi connectivity index (χ2v) is 9.55. The number of nitrogens with two attached hydrogens (primary N) is 1. The molecule has 1 unspecified atom stereocenters. The second-order valence-electron chi connectivity index (χ2n) is 9.55. The maximum atomic E-state index is 12.5. The molecule has 3 fully saturated rings. The molecule has 5 heterocycles. The van der Waals surface area contributed by atoms with Crippen LogP contribution in [0.25, 0.3) is 0 Å². The van der Waals surface area contributed by atoms with E-state index in [0.717, 1.165) is 69.8 Å². The molecule has 2 aromatic heterocycles. The Morgan fingerprint density at radius 2 is 1.94 bits per heavy atom. The lowest BCUT2D eigenvalue weighted by molar-refractivity contribution is 0.0996. The zero-order valence-corrected chi connectivity index (χ0v) is 20.1. The van der Waals surface area contributed by atoms with Gasteiger partial charge in [-0.15, -0.1) is 0 Å². The summed E-state index contributed by atoms with van der Waals surface area (Å²) in [6, 6.07) is 4.19. The Morgan fingerprint density at radius 3 is 2.63 bits per heavy atom. The number of nitrogens with one attached hydrogen (secondary N) is 2. The average Bonchev–Trinajstić information content (AvgIpc) is 3.23. The summed E-state index contributed by atoms with van der Waals surface area (Å²) in [6.45, 7) is 5.00. The van der Waals surface area contributed by atoms with Crippen molar-refractivity contribution in [1.82, 2.24) is 30.1 Å². The van der Waals surface area contributed by atoms with Gasteiger partial charge in [-0.1, -0.05) is 0 Å². The van der Waals surface area contributed by atoms with Crippen LogP contribution >= 0.6 is 0 Å². The quantitative estimate of drug-likeness (QED) is 0.568. The van der Waals surface area contributed by atoms with Crippen molar-refractivity contribution < 1.29 is 9.59 Å². The minimum absolute atomic E-state index is 0.0785. The Kier molecular flexibility index (Phi) is 6.67. The molecule has 35 heavy (non-hydrogen) atoms. The molecule has 0 aromatic carbocycles. The first-order valence-electron chi connectivity index (χ1n) is 12.4. The SMILES string of the molecule is CN1CCN(C2CCCN(c3cnc(C(N)=O)c(Nc4ccc(C5CCNCC5)nc4)n3)C2)C1=O. The molecule has 186 valence electrons. The Hall–Kier alpha value is -3.47. The number of primary amides is 1. The van der Waals surface area contributed by atoms with E-state index in [1.165, 1.54) is 0 Å². The zero-order valence-electron chi connectivity index (χ0n) is 20.1. The fraction of sp³-hybridized carbons (Fsp3) is 0.542. The van der Waals surface area contributed by atoms with Gasteiger partial charge in [0.05, 0.1) is 24.1 Å². The number of nitrogens with zero attached hydrogens (tertiary/aromatic N) is 6. The summed E-state index contributed by atoms with van der Waals surface area (Å²) in [7, 11) is 1.84. The third-order valence-corrected chi connectivity index (χ3v) is 7.21. The summed E-state index contributed by atoms with van der Waals surface area (Å²) in [5.74, 6) is 0.781. The molecule has 5 rings (SSSR count). The summed E-state index contributed by atoms with van der Waals surface area (Å²) in [5.41, 5.74) is 7.47. The summed E-state index contributed by atoms with van der Waals surface area (Å²) in [6.07, 6.45) is 7.42. The highest BCUT2D eigenvalue weighted by Crippen LogP contribution is 2.27. The summed E-state index contributed by atoms with van der Waals surface area (Å²) >= 11 is 0. The molecule has 0 aliphatic carbocycles. The molecule has 3 amide bonds. The minimum Gasteiger partial charge on any atom is -0.364 e. The fourth-order valence-electron chi connectivity index (χ4n) is 5.20. The number of hydrogen-bond acceptors (Lipinski definition) is 8. The van der Waals surface area contributed by atoms with E-state index >= 15 is 0 Å². The Morgan fingerprint density at radius 1 is 1.11 bits per heavy atom. The van der Waals surface area contributed by atoms with Gasteiger partial charge in [0.25, 0.3) is 5.91 Å². The molecule has 0 bridgehead atoms. The van der Waals surface area contributed by atoms with Crippen LogP contribution in [0.5, 0.6) is 0 Å². The molecule has 2 aromatic rings. The monoisotopic (exact) mass is 479 g/mol. The van der Waals surface area contributed by atoms with Crippen molar-refractivity contribution in [1.29, 1.82) is 0 Å². The van der Waals surface area contributed by atoms with Crippen LogP contribution in [0.2, 0.25) is 0 Å². The molecule has 0 saturated carbocycles. The van der Waals surface area contributed by atoms with Gasteiger partial charge in [-0.05, 0) is 50.9 Å². The first-order valence-corrected chi connectivity index (χ1v) is 12.4. The van der Waals surface area contributed by atoms with Crippen LogP contribution < -0.4 is 21.3 Å². The average molecular weight is 480 g/mol. The second kappa shape index (κ2) is 10.0. The minimum atomic E-state index is -0.645. The van der Waals surface area contributed by atoms with Gasteiger partial charge in [-0.3, -0.25) is 9.78 Å². The van der Waals surface area contributed by atoms with Crippen molar-refractivity contribution in [2.75, 3.05) is 56.5 Å². The smallest absolute Gasteiger partial charge is 0.320 e.